The van der Waals surface area contributed by atoms with E-state index in [0.717, 1.165) is 30.2 Å². The Morgan fingerprint density at radius 1 is 1.16 bits per heavy atom. The fraction of sp³-hybridized carbons (Fsp3) is 0.250. The van der Waals surface area contributed by atoms with Crippen LogP contribution in [-0.4, -0.2) is 35.3 Å². The lowest BCUT2D eigenvalue weighted by atomic mass is 9.91. The highest BCUT2D eigenvalue weighted by atomic mass is 16.1. The van der Waals surface area contributed by atoms with Crippen molar-refractivity contribution in [2.24, 2.45) is 13.0 Å². The summed E-state index contributed by atoms with van der Waals surface area (Å²) >= 11 is 0. The summed E-state index contributed by atoms with van der Waals surface area (Å²) in [6, 6.07) is 17.2. The lowest BCUT2D eigenvalue weighted by Gasteiger charge is -2.21. The van der Waals surface area contributed by atoms with E-state index in [1.165, 1.54) is 0 Å². The molecule has 5 rings (SSSR count). The van der Waals surface area contributed by atoms with E-state index in [0.29, 0.717) is 35.5 Å². The number of nitrogens with zero attached hydrogens (tertiary/aromatic N) is 7. The number of pyridine rings is 1. The van der Waals surface area contributed by atoms with Gasteiger partial charge in [-0.15, -0.1) is 0 Å². The van der Waals surface area contributed by atoms with Gasteiger partial charge in [0.05, 0.1) is 11.9 Å². The molecule has 158 valence electrons. The van der Waals surface area contributed by atoms with Crippen molar-refractivity contribution in [2.75, 3.05) is 0 Å². The number of nitriles is 1. The van der Waals surface area contributed by atoms with Crippen LogP contribution < -0.4 is 0 Å². The molecule has 8 heteroatoms. The number of aromatic nitrogens is 6. The van der Waals surface area contributed by atoms with E-state index in [9.17, 15) is 4.79 Å². The van der Waals surface area contributed by atoms with Crippen LogP contribution in [0.1, 0.15) is 34.8 Å². The third-order valence-corrected chi connectivity index (χ3v) is 5.82. The number of benzene rings is 1. The Hall–Kier alpha value is -4.12. The molecule has 1 unspecified atom stereocenters. The second-order valence-corrected chi connectivity index (χ2v) is 7.98. The maximum atomic E-state index is 13.3. The number of aryl methyl sites for hydroxylation is 2. The van der Waals surface area contributed by atoms with Crippen LogP contribution in [0.5, 0.6) is 0 Å². The minimum atomic E-state index is 0.0189. The molecular weight excluding hydrogens is 402 g/mol. The van der Waals surface area contributed by atoms with Crippen LogP contribution in [0, 0.1) is 17.2 Å². The molecule has 1 aliphatic rings. The molecule has 0 fully saturated rings. The Labute approximate surface area is 185 Å². The monoisotopic (exact) mass is 423 g/mol. The average Bonchev–Trinajstić information content (AvgIpc) is 3.43. The first-order chi connectivity index (χ1) is 15.6. The van der Waals surface area contributed by atoms with Gasteiger partial charge in [0.2, 0.25) is 0 Å². The number of hydrogen-bond donors (Lipinski definition) is 0. The second kappa shape index (κ2) is 8.19. The predicted molar refractivity (Wildman–Crippen MR) is 117 cm³/mol. The van der Waals surface area contributed by atoms with Gasteiger partial charge < -0.3 is 0 Å². The molecule has 1 aromatic carbocycles. The van der Waals surface area contributed by atoms with Crippen molar-refractivity contribution >= 4 is 5.78 Å². The van der Waals surface area contributed by atoms with Gasteiger partial charge in [0.15, 0.2) is 11.6 Å². The van der Waals surface area contributed by atoms with Crippen LogP contribution in [0.4, 0.5) is 0 Å². The number of ketones is 1. The number of Topliss-reactive ketones (excluding diaryl/α,β-unsaturated/α-hetero) is 1. The zero-order valence-electron chi connectivity index (χ0n) is 17.6. The molecule has 0 saturated heterocycles. The number of carbonyl (C=O) groups excluding carboxylic acids is 1. The van der Waals surface area contributed by atoms with E-state index in [1.54, 1.807) is 36.1 Å². The topological polar surface area (TPSA) is 102 Å². The van der Waals surface area contributed by atoms with Gasteiger partial charge >= 0.3 is 0 Å². The summed E-state index contributed by atoms with van der Waals surface area (Å²) in [5.74, 6) is 1.85. The summed E-state index contributed by atoms with van der Waals surface area (Å²) in [6.45, 7) is 0.747. The summed E-state index contributed by atoms with van der Waals surface area (Å²) in [4.78, 5) is 22.3. The Morgan fingerprint density at radius 2 is 2.00 bits per heavy atom. The van der Waals surface area contributed by atoms with Crippen molar-refractivity contribution in [2.45, 2.75) is 25.8 Å². The fourth-order valence-corrected chi connectivity index (χ4v) is 4.21. The minimum absolute atomic E-state index is 0.0189. The van der Waals surface area contributed by atoms with E-state index in [2.05, 4.69) is 15.2 Å². The first kappa shape index (κ1) is 19.8. The Kier molecular flexibility index (Phi) is 5.07. The van der Waals surface area contributed by atoms with Gasteiger partial charge in [-0.25, -0.2) is 14.6 Å². The van der Waals surface area contributed by atoms with Gasteiger partial charge in [0.1, 0.15) is 23.3 Å². The van der Waals surface area contributed by atoms with E-state index in [4.69, 9.17) is 10.2 Å². The van der Waals surface area contributed by atoms with E-state index < -0.39 is 0 Å². The Balaban J connectivity index is 1.35. The normalized spacial score (nSPS) is 15.2. The van der Waals surface area contributed by atoms with Gasteiger partial charge in [0.25, 0.3) is 0 Å². The molecule has 4 heterocycles. The summed E-state index contributed by atoms with van der Waals surface area (Å²) in [7, 11) is 1.76. The van der Waals surface area contributed by atoms with Crippen LogP contribution in [0.3, 0.4) is 0 Å². The lowest BCUT2D eigenvalue weighted by molar-refractivity contribution is 0.0944. The first-order valence-corrected chi connectivity index (χ1v) is 10.5. The molecule has 1 atom stereocenters. The molecule has 0 aliphatic carbocycles. The van der Waals surface area contributed by atoms with Crippen molar-refractivity contribution in [1.82, 2.24) is 29.5 Å². The minimum Gasteiger partial charge on any atom is -0.292 e. The third kappa shape index (κ3) is 3.69. The van der Waals surface area contributed by atoms with Gasteiger partial charge in [-0.05, 0) is 24.5 Å². The van der Waals surface area contributed by atoms with Crippen molar-refractivity contribution < 1.29 is 4.79 Å². The maximum absolute atomic E-state index is 13.3. The van der Waals surface area contributed by atoms with Crippen LogP contribution in [0.2, 0.25) is 0 Å². The number of rotatable bonds is 5. The molecule has 0 saturated carbocycles. The van der Waals surface area contributed by atoms with Crippen molar-refractivity contribution in [1.29, 1.82) is 5.26 Å². The molecule has 0 spiro atoms. The maximum Gasteiger partial charge on any atom is 0.181 e. The first-order valence-electron chi connectivity index (χ1n) is 10.5. The highest BCUT2D eigenvalue weighted by molar-refractivity contribution is 6.00. The average molecular weight is 423 g/mol. The van der Waals surface area contributed by atoms with Crippen LogP contribution in [-0.2, 0) is 20.0 Å². The van der Waals surface area contributed by atoms with E-state index in [-0.39, 0.29) is 11.7 Å². The number of carbonyl (C=O) groups is 1. The summed E-state index contributed by atoms with van der Waals surface area (Å²) in [6.07, 6.45) is 3.62. The number of fused-ring (bicyclic) bond motifs is 1. The molecule has 4 aromatic rings. The largest absolute Gasteiger partial charge is 0.292 e. The van der Waals surface area contributed by atoms with Crippen LogP contribution >= 0.6 is 0 Å². The lowest BCUT2D eigenvalue weighted by Crippen LogP contribution is -2.23. The molecule has 0 bridgehead atoms. The van der Waals surface area contributed by atoms with Crippen LogP contribution in [0.25, 0.3) is 22.6 Å². The van der Waals surface area contributed by atoms with Crippen molar-refractivity contribution in [3.05, 3.63) is 71.9 Å². The molecule has 8 nitrogen and oxygen atoms in total. The number of hydrogen-bond acceptors (Lipinski definition) is 6. The molecule has 0 radical (unpaired) electrons. The molecule has 0 amide bonds. The Morgan fingerprint density at radius 3 is 2.81 bits per heavy atom. The molecular formula is C24H21N7O. The quantitative estimate of drug-likeness (QED) is 0.456. The second-order valence-electron chi connectivity index (χ2n) is 7.98. The third-order valence-electron chi connectivity index (χ3n) is 5.82. The molecule has 3 aromatic heterocycles. The zero-order valence-corrected chi connectivity index (χ0v) is 17.6. The van der Waals surface area contributed by atoms with Crippen LogP contribution in [0.15, 0.2) is 54.7 Å². The van der Waals surface area contributed by atoms with Crippen molar-refractivity contribution in [3.63, 3.8) is 0 Å². The van der Waals surface area contributed by atoms with E-state index >= 15 is 0 Å². The standard InChI is InChI=1S/C24H21N7O/c1-30-23(19(15-26-30)20-9-5-8-18(14-25)27-20)21(32)12-16-10-11-31-22(13-16)28-24(29-31)17-6-3-2-4-7-17/h2-9,15-16H,10-13H2,1H3. The molecule has 0 N–H and O–H groups in total. The van der Waals surface area contributed by atoms with Gasteiger partial charge in [-0.1, -0.05) is 36.4 Å². The van der Waals surface area contributed by atoms with Crippen molar-refractivity contribution in [3.8, 4) is 28.7 Å². The molecule has 1 aliphatic heterocycles. The summed E-state index contributed by atoms with van der Waals surface area (Å²) in [5, 5.41) is 18.1. The summed E-state index contributed by atoms with van der Waals surface area (Å²) in [5.41, 5.74) is 3.06. The highest BCUT2D eigenvalue weighted by Gasteiger charge is 2.27. The van der Waals surface area contributed by atoms with Gasteiger partial charge in [-0.2, -0.15) is 15.5 Å². The molecule has 32 heavy (non-hydrogen) atoms. The zero-order chi connectivity index (χ0) is 22.1. The van der Waals surface area contributed by atoms with Gasteiger partial charge in [0, 0.05) is 37.6 Å². The predicted octanol–water partition coefficient (Wildman–Crippen LogP) is 3.45. The van der Waals surface area contributed by atoms with Gasteiger partial charge in [-0.3, -0.25) is 9.48 Å². The highest BCUT2D eigenvalue weighted by Crippen LogP contribution is 2.28. The van der Waals surface area contributed by atoms with E-state index in [1.807, 2.05) is 41.1 Å². The fourth-order valence-electron chi connectivity index (χ4n) is 4.21. The smallest absolute Gasteiger partial charge is 0.181 e. The SMILES string of the molecule is Cn1ncc(-c2cccc(C#N)n2)c1C(=O)CC1CCn2nc(-c3ccccc3)nc2C1. The summed E-state index contributed by atoms with van der Waals surface area (Å²) < 4.78 is 3.55. The Bertz CT molecular complexity index is 1330.